The molecule has 0 aromatic heterocycles. The maximum Gasteiger partial charge on any atom is 0.150 e. The SMILES string of the molecule is Nc1c(F)cc(C#Cc2ccccc2)cc1F.c1ccc(P(c2ccccc2)c2ccccc2)cc1.c1ccc(P(c2ccccc2)c2ccccc2)cc1. The third-order valence-electron chi connectivity index (χ3n) is 8.29. The van der Waals surface area contributed by atoms with Crippen LogP contribution in [0.5, 0.6) is 0 Å². The van der Waals surface area contributed by atoms with Crippen LogP contribution < -0.4 is 37.6 Å². The van der Waals surface area contributed by atoms with Gasteiger partial charge in [0, 0.05) is 11.1 Å². The fourth-order valence-electron chi connectivity index (χ4n) is 5.68. The van der Waals surface area contributed by atoms with Gasteiger partial charge >= 0.3 is 0 Å². The second kappa shape index (κ2) is 20.3. The van der Waals surface area contributed by atoms with Crippen LogP contribution in [0.1, 0.15) is 11.1 Å². The highest BCUT2D eigenvalue weighted by atomic mass is 31.1. The summed E-state index contributed by atoms with van der Waals surface area (Å²) in [6, 6.07) is 76.1. The highest BCUT2D eigenvalue weighted by molar-refractivity contribution is 7.80. The molecule has 0 aliphatic heterocycles. The summed E-state index contributed by atoms with van der Waals surface area (Å²) in [6.07, 6.45) is 0. The third kappa shape index (κ3) is 11.2. The molecule has 0 unspecified atom stereocenters. The van der Waals surface area contributed by atoms with Crippen LogP contribution in [-0.2, 0) is 0 Å². The van der Waals surface area contributed by atoms with Gasteiger partial charge in [-0.1, -0.05) is 212 Å². The molecule has 8 aromatic rings. The molecule has 0 amide bonds. The third-order valence-corrected chi connectivity index (χ3v) is 13.2. The second-order valence-electron chi connectivity index (χ2n) is 12.2. The number of nitrogens with two attached hydrogens (primary N) is 1. The molecule has 1 nitrogen and oxygen atoms in total. The smallest absolute Gasteiger partial charge is 0.150 e. The highest BCUT2D eigenvalue weighted by Crippen LogP contribution is 2.33. The lowest BCUT2D eigenvalue weighted by molar-refractivity contribution is 0.591. The molecule has 8 aromatic carbocycles. The van der Waals surface area contributed by atoms with Gasteiger partial charge in [-0.3, -0.25) is 0 Å². The van der Waals surface area contributed by atoms with Crippen molar-refractivity contribution in [1.29, 1.82) is 0 Å². The molecular weight excluding hydrogens is 715 g/mol. The van der Waals surface area contributed by atoms with Crippen molar-refractivity contribution in [1.82, 2.24) is 0 Å². The van der Waals surface area contributed by atoms with Crippen LogP contribution in [0.25, 0.3) is 0 Å². The summed E-state index contributed by atoms with van der Waals surface area (Å²) in [5, 5.41) is 8.39. The second-order valence-corrected chi connectivity index (χ2v) is 16.6. The van der Waals surface area contributed by atoms with Crippen LogP contribution in [0.15, 0.2) is 224 Å². The minimum absolute atomic E-state index is 0.262. The van der Waals surface area contributed by atoms with Crippen LogP contribution in [0, 0.1) is 23.5 Å². The van der Waals surface area contributed by atoms with E-state index >= 15 is 0 Å². The number of anilines is 1. The largest absolute Gasteiger partial charge is 0.394 e. The van der Waals surface area contributed by atoms with E-state index in [0.717, 1.165) is 17.7 Å². The van der Waals surface area contributed by atoms with Crippen molar-refractivity contribution in [2.45, 2.75) is 0 Å². The van der Waals surface area contributed by atoms with Gasteiger partial charge < -0.3 is 5.73 Å². The van der Waals surface area contributed by atoms with Gasteiger partial charge in [-0.15, -0.1) is 0 Å². The molecule has 0 heterocycles. The lowest BCUT2D eigenvalue weighted by Gasteiger charge is -2.18. The number of hydrogen-bond donors (Lipinski definition) is 1. The van der Waals surface area contributed by atoms with Crippen molar-refractivity contribution >= 4 is 53.4 Å². The molecule has 0 saturated carbocycles. The molecule has 0 saturated heterocycles. The van der Waals surface area contributed by atoms with E-state index in [9.17, 15) is 8.78 Å². The number of rotatable bonds is 6. The molecular formula is C50H39F2NP2. The minimum atomic E-state index is -0.789. The zero-order chi connectivity index (χ0) is 38.1. The summed E-state index contributed by atoms with van der Waals surface area (Å²) in [6.45, 7) is 0. The van der Waals surface area contributed by atoms with E-state index < -0.39 is 33.2 Å². The minimum Gasteiger partial charge on any atom is -0.394 e. The Kier molecular flexibility index (Phi) is 14.3. The van der Waals surface area contributed by atoms with Crippen molar-refractivity contribution in [3.8, 4) is 11.8 Å². The number of hydrogen-bond acceptors (Lipinski definition) is 1. The summed E-state index contributed by atoms with van der Waals surface area (Å²) < 4.78 is 26.3. The molecule has 55 heavy (non-hydrogen) atoms. The first-order chi connectivity index (χ1) is 27.1. The highest BCUT2D eigenvalue weighted by Gasteiger charge is 2.16. The number of halogens is 2. The van der Waals surface area contributed by atoms with Gasteiger partial charge in [0.05, 0.1) is 0 Å². The molecule has 0 aliphatic carbocycles. The first-order valence-corrected chi connectivity index (χ1v) is 20.5. The predicted octanol–water partition coefficient (Wildman–Crippen LogP) is 9.84. The molecule has 5 heteroatoms. The van der Waals surface area contributed by atoms with Crippen molar-refractivity contribution in [2.24, 2.45) is 0 Å². The van der Waals surface area contributed by atoms with Crippen molar-refractivity contribution in [3.05, 3.63) is 247 Å². The van der Waals surface area contributed by atoms with Crippen molar-refractivity contribution < 1.29 is 8.78 Å². The van der Waals surface area contributed by atoms with Gasteiger partial charge in [0.1, 0.15) is 17.3 Å². The van der Waals surface area contributed by atoms with Gasteiger partial charge in [0.2, 0.25) is 0 Å². The van der Waals surface area contributed by atoms with Crippen LogP contribution in [0.3, 0.4) is 0 Å². The van der Waals surface area contributed by atoms with Crippen LogP contribution in [0.2, 0.25) is 0 Å². The molecule has 0 fully saturated rings. The van der Waals surface area contributed by atoms with E-state index in [4.69, 9.17) is 5.73 Å². The summed E-state index contributed by atoms with van der Waals surface area (Å²) in [5.41, 5.74) is 5.73. The molecule has 0 bridgehead atoms. The molecule has 268 valence electrons. The van der Waals surface area contributed by atoms with E-state index in [1.54, 1.807) is 0 Å². The van der Waals surface area contributed by atoms with Gasteiger partial charge in [0.25, 0.3) is 0 Å². The average Bonchev–Trinajstić information content (AvgIpc) is 3.25. The maximum atomic E-state index is 13.1. The van der Waals surface area contributed by atoms with E-state index in [0.29, 0.717) is 0 Å². The molecule has 0 radical (unpaired) electrons. The monoisotopic (exact) mass is 753 g/mol. The van der Waals surface area contributed by atoms with Crippen molar-refractivity contribution in [2.75, 3.05) is 5.73 Å². The summed E-state index contributed by atoms with van der Waals surface area (Å²) in [5.74, 6) is 3.92. The Balaban J connectivity index is 0.000000141. The van der Waals surface area contributed by atoms with Gasteiger partial charge in [-0.2, -0.15) is 0 Å². The Labute approximate surface area is 325 Å². The molecule has 0 spiro atoms. The standard InChI is InChI=1S/2C18H15P.C14H9F2N/c2*1-4-10-16(11-5-1)19(17-12-6-2-7-13-17)18-14-8-3-9-15-18;15-12-8-11(9-13(16)14(12)17)7-6-10-4-2-1-3-5-10/h2*1-15H;1-5,8-9H,17H2. The Morgan fingerprint density at radius 2 is 0.527 bits per heavy atom. The predicted molar refractivity (Wildman–Crippen MR) is 233 cm³/mol. The molecule has 2 N–H and O–H groups in total. The summed E-state index contributed by atoms with van der Waals surface area (Å²) in [4.78, 5) is 0. The van der Waals surface area contributed by atoms with Gasteiger partial charge in [0.15, 0.2) is 0 Å². The number of benzene rings is 8. The van der Waals surface area contributed by atoms with E-state index in [1.807, 2.05) is 30.3 Å². The first kappa shape index (κ1) is 38.6. The van der Waals surface area contributed by atoms with Crippen molar-refractivity contribution in [3.63, 3.8) is 0 Å². The number of nitrogen functional groups attached to an aromatic ring is 1. The Morgan fingerprint density at radius 1 is 0.309 bits per heavy atom. The van der Waals surface area contributed by atoms with E-state index in [1.165, 1.54) is 31.8 Å². The molecule has 0 atom stereocenters. The molecule has 0 aliphatic rings. The fraction of sp³-hybridized carbons (Fsp3) is 0. The van der Waals surface area contributed by atoms with Crippen LogP contribution >= 0.6 is 15.8 Å². The molecule has 8 rings (SSSR count). The van der Waals surface area contributed by atoms with Crippen LogP contribution in [0.4, 0.5) is 14.5 Å². The van der Waals surface area contributed by atoms with Gasteiger partial charge in [-0.25, -0.2) is 8.78 Å². The normalized spacial score (nSPS) is 10.3. The van der Waals surface area contributed by atoms with Crippen LogP contribution in [-0.4, -0.2) is 0 Å². The quantitative estimate of drug-likeness (QED) is 0.102. The lowest BCUT2D eigenvalue weighted by Crippen LogP contribution is -2.20. The lowest BCUT2D eigenvalue weighted by atomic mass is 10.1. The van der Waals surface area contributed by atoms with Gasteiger partial charge in [-0.05, 0) is 71.9 Å². The maximum absolute atomic E-state index is 13.1. The zero-order valence-corrected chi connectivity index (χ0v) is 31.9. The Hall–Kier alpha value is -6.16. The zero-order valence-electron chi connectivity index (χ0n) is 30.1. The van der Waals surface area contributed by atoms with E-state index in [2.05, 4.69) is 194 Å². The fourth-order valence-corrected chi connectivity index (χ4v) is 10.3. The Bertz CT molecular complexity index is 2060. The van der Waals surface area contributed by atoms with E-state index in [-0.39, 0.29) is 5.56 Å². The first-order valence-electron chi connectivity index (χ1n) is 17.8. The topological polar surface area (TPSA) is 26.0 Å². The Morgan fingerprint density at radius 3 is 0.782 bits per heavy atom. The summed E-state index contributed by atoms with van der Waals surface area (Å²) >= 11 is 0. The summed E-state index contributed by atoms with van der Waals surface area (Å²) in [7, 11) is -0.892. The average molecular weight is 754 g/mol.